The standard InChI is InChI=1S/C22H19N3O3/c1-14-9-10-25-20(11-14)24-21(15-3-6-17(26-2)7-4-15)22(25)23-16-5-8-18-19(12-16)28-13-27-18/h3-12,23H,13H2,1-2H3. The van der Waals surface area contributed by atoms with Crippen molar-refractivity contribution < 1.29 is 14.2 Å². The number of imidazole rings is 1. The third-order valence-electron chi connectivity index (χ3n) is 4.78. The summed E-state index contributed by atoms with van der Waals surface area (Å²) in [6.45, 7) is 2.32. The van der Waals surface area contributed by atoms with Crippen molar-refractivity contribution in [1.82, 2.24) is 9.38 Å². The van der Waals surface area contributed by atoms with Crippen LogP contribution >= 0.6 is 0 Å². The quantitative estimate of drug-likeness (QED) is 0.557. The monoisotopic (exact) mass is 373 g/mol. The minimum atomic E-state index is 0.255. The molecule has 4 aromatic rings. The van der Waals surface area contributed by atoms with Gasteiger partial charge in [-0.25, -0.2) is 4.98 Å². The van der Waals surface area contributed by atoms with Crippen LogP contribution in [0.15, 0.2) is 60.8 Å². The summed E-state index contributed by atoms with van der Waals surface area (Å²) in [6, 6.07) is 17.9. The fourth-order valence-electron chi connectivity index (χ4n) is 3.33. The average molecular weight is 373 g/mol. The number of methoxy groups -OCH3 is 1. The number of anilines is 2. The van der Waals surface area contributed by atoms with Crippen LogP contribution in [-0.4, -0.2) is 23.3 Å². The van der Waals surface area contributed by atoms with Gasteiger partial charge in [0.15, 0.2) is 11.5 Å². The van der Waals surface area contributed by atoms with Crippen LogP contribution in [0, 0.1) is 6.92 Å². The highest BCUT2D eigenvalue weighted by Crippen LogP contribution is 2.37. The molecule has 0 atom stereocenters. The molecule has 0 spiro atoms. The molecule has 28 heavy (non-hydrogen) atoms. The summed E-state index contributed by atoms with van der Waals surface area (Å²) in [5, 5.41) is 3.51. The van der Waals surface area contributed by atoms with Crippen molar-refractivity contribution in [2.45, 2.75) is 6.92 Å². The lowest BCUT2D eigenvalue weighted by atomic mass is 10.1. The van der Waals surface area contributed by atoms with Gasteiger partial charge in [0.1, 0.15) is 22.9 Å². The molecule has 2 aromatic heterocycles. The molecule has 0 saturated heterocycles. The van der Waals surface area contributed by atoms with Crippen molar-refractivity contribution in [3.63, 3.8) is 0 Å². The Morgan fingerprint density at radius 1 is 1.00 bits per heavy atom. The molecular weight excluding hydrogens is 354 g/mol. The van der Waals surface area contributed by atoms with E-state index in [0.29, 0.717) is 0 Å². The molecule has 140 valence electrons. The SMILES string of the molecule is COc1ccc(-c2nc3cc(C)ccn3c2Nc2ccc3c(c2)OCO3)cc1. The lowest BCUT2D eigenvalue weighted by molar-refractivity contribution is 0.174. The first-order valence-corrected chi connectivity index (χ1v) is 9.01. The second-order valence-electron chi connectivity index (χ2n) is 6.66. The van der Waals surface area contributed by atoms with E-state index in [1.165, 1.54) is 0 Å². The van der Waals surface area contributed by atoms with Gasteiger partial charge in [0, 0.05) is 23.5 Å². The first-order valence-electron chi connectivity index (χ1n) is 9.01. The first-order chi connectivity index (χ1) is 13.7. The molecule has 2 aromatic carbocycles. The lowest BCUT2D eigenvalue weighted by Crippen LogP contribution is -1.97. The molecule has 0 aliphatic carbocycles. The number of hydrogen-bond donors (Lipinski definition) is 1. The number of benzene rings is 2. The number of nitrogens with zero attached hydrogens (tertiary/aromatic N) is 2. The van der Waals surface area contributed by atoms with Gasteiger partial charge < -0.3 is 19.5 Å². The first kappa shape index (κ1) is 16.5. The van der Waals surface area contributed by atoms with Crippen LogP contribution in [0.4, 0.5) is 11.5 Å². The highest BCUT2D eigenvalue weighted by molar-refractivity contribution is 5.80. The van der Waals surface area contributed by atoms with Crippen molar-refractivity contribution in [3.8, 4) is 28.5 Å². The summed E-state index contributed by atoms with van der Waals surface area (Å²) < 4.78 is 18.2. The van der Waals surface area contributed by atoms with E-state index in [-0.39, 0.29) is 6.79 Å². The molecule has 0 radical (unpaired) electrons. The molecule has 0 amide bonds. The van der Waals surface area contributed by atoms with E-state index >= 15 is 0 Å². The molecule has 1 aliphatic rings. The van der Waals surface area contributed by atoms with E-state index in [0.717, 1.165) is 51.2 Å². The van der Waals surface area contributed by atoms with Crippen LogP contribution in [-0.2, 0) is 0 Å². The van der Waals surface area contributed by atoms with Crippen molar-refractivity contribution in [2.75, 3.05) is 19.2 Å². The van der Waals surface area contributed by atoms with Gasteiger partial charge in [0.25, 0.3) is 0 Å². The van der Waals surface area contributed by atoms with Crippen molar-refractivity contribution in [1.29, 1.82) is 0 Å². The molecular formula is C22H19N3O3. The molecule has 6 heteroatoms. The maximum atomic E-state index is 5.50. The van der Waals surface area contributed by atoms with Crippen LogP contribution in [0.2, 0.25) is 0 Å². The Balaban J connectivity index is 1.63. The lowest BCUT2D eigenvalue weighted by Gasteiger charge is -2.10. The average Bonchev–Trinajstić information content (AvgIpc) is 3.32. The van der Waals surface area contributed by atoms with Crippen LogP contribution in [0.3, 0.4) is 0 Å². The molecule has 1 N–H and O–H groups in total. The third kappa shape index (κ3) is 2.79. The number of rotatable bonds is 4. The van der Waals surface area contributed by atoms with Crippen molar-refractivity contribution in [2.24, 2.45) is 0 Å². The summed E-state index contributed by atoms with van der Waals surface area (Å²) in [4.78, 5) is 4.87. The smallest absolute Gasteiger partial charge is 0.231 e. The van der Waals surface area contributed by atoms with E-state index in [1.807, 2.05) is 48.7 Å². The Labute approximate surface area is 162 Å². The Morgan fingerprint density at radius 3 is 2.64 bits per heavy atom. The zero-order chi connectivity index (χ0) is 19.1. The number of pyridine rings is 1. The van der Waals surface area contributed by atoms with Gasteiger partial charge in [-0.15, -0.1) is 0 Å². The number of hydrogen-bond acceptors (Lipinski definition) is 5. The van der Waals surface area contributed by atoms with E-state index in [2.05, 4.69) is 28.8 Å². The molecule has 0 bridgehead atoms. The van der Waals surface area contributed by atoms with Crippen LogP contribution in [0.25, 0.3) is 16.9 Å². The molecule has 0 saturated carbocycles. The summed E-state index contributed by atoms with van der Waals surface area (Å²) in [5.74, 6) is 3.20. The van der Waals surface area contributed by atoms with E-state index in [9.17, 15) is 0 Å². The topological polar surface area (TPSA) is 57.0 Å². The highest BCUT2D eigenvalue weighted by Gasteiger charge is 2.17. The zero-order valence-electron chi connectivity index (χ0n) is 15.6. The molecule has 1 aliphatic heterocycles. The van der Waals surface area contributed by atoms with Gasteiger partial charge >= 0.3 is 0 Å². The van der Waals surface area contributed by atoms with E-state index in [1.54, 1.807) is 7.11 Å². The molecule has 0 fully saturated rings. The minimum Gasteiger partial charge on any atom is -0.497 e. The van der Waals surface area contributed by atoms with Crippen molar-refractivity contribution >= 4 is 17.2 Å². The van der Waals surface area contributed by atoms with Gasteiger partial charge in [0.2, 0.25) is 6.79 Å². The number of ether oxygens (including phenoxy) is 3. The number of nitrogens with one attached hydrogen (secondary N) is 1. The second kappa shape index (κ2) is 6.49. The van der Waals surface area contributed by atoms with Gasteiger partial charge in [-0.05, 0) is 61.0 Å². The maximum Gasteiger partial charge on any atom is 0.231 e. The Bertz CT molecular complexity index is 1170. The zero-order valence-corrected chi connectivity index (χ0v) is 15.6. The Hall–Kier alpha value is -3.67. The van der Waals surface area contributed by atoms with Crippen LogP contribution in [0.1, 0.15) is 5.56 Å². The van der Waals surface area contributed by atoms with Gasteiger partial charge in [0.05, 0.1) is 7.11 Å². The summed E-state index contributed by atoms with van der Waals surface area (Å²) in [6.07, 6.45) is 2.03. The number of aromatic nitrogens is 2. The molecule has 3 heterocycles. The Kier molecular flexibility index (Phi) is 3.83. The van der Waals surface area contributed by atoms with Crippen LogP contribution in [0.5, 0.6) is 17.2 Å². The van der Waals surface area contributed by atoms with Gasteiger partial charge in [-0.2, -0.15) is 0 Å². The van der Waals surface area contributed by atoms with E-state index in [4.69, 9.17) is 19.2 Å². The number of fused-ring (bicyclic) bond motifs is 2. The minimum absolute atomic E-state index is 0.255. The maximum absolute atomic E-state index is 5.50. The predicted molar refractivity (Wildman–Crippen MR) is 108 cm³/mol. The summed E-state index contributed by atoms with van der Waals surface area (Å²) >= 11 is 0. The van der Waals surface area contributed by atoms with E-state index < -0.39 is 0 Å². The third-order valence-corrected chi connectivity index (χ3v) is 4.78. The fraction of sp³-hybridized carbons (Fsp3) is 0.136. The highest BCUT2D eigenvalue weighted by atomic mass is 16.7. The molecule has 0 unspecified atom stereocenters. The summed E-state index contributed by atoms with van der Waals surface area (Å²) in [5.41, 5.74) is 4.82. The normalized spacial score (nSPS) is 12.4. The van der Waals surface area contributed by atoms with Gasteiger partial charge in [-0.3, -0.25) is 4.40 Å². The Morgan fingerprint density at radius 2 is 1.82 bits per heavy atom. The number of aryl methyl sites for hydroxylation is 1. The molecule has 5 rings (SSSR count). The second-order valence-corrected chi connectivity index (χ2v) is 6.66. The predicted octanol–water partition coefficient (Wildman–Crippen LogP) is 4.79. The van der Waals surface area contributed by atoms with Crippen LogP contribution < -0.4 is 19.5 Å². The summed E-state index contributed by atoms with van der Waals surface area (Å²) in [7, 11) is 1.66. The van der Waals surface area contributed by atoms with Crippen molar-refractivity contribution in [3.05, 3.63) is 66.4 Å². The molecule has 6 nitrogen and oxygen atoms in total. The van der Waals surface area contributed by atoms with Gasteiger partial charge in [-0.1, -0.05) is 0 Å². The largest absolute Gasteiger partial charge is 0.497 e. The fourth-order valence-corrected chi connectivity index (χ4v) is 3.33.